The highest BCUT2D eigenvalue weighted by Crippen LogP contribution is 2.51. The van der Waals surface area contributed by atoms with Crippen LogP contribution in [-0.2, 0) is 9.59 Å². The van der Waals surface area contributed by atoms with Gasteiger partial charge in [0.2, 0.25) is 11.8 Å². The van der Waals surface area contributed by atoms with Gasteiger partial charge >= 0.3 is 0 Å². The van der Waals surface area contributed by atoms with Crippen molar-refractivity contribution in [2.45, 2.75) is 69.7 Å². The number of terminal acetylenes is 1. The summed E-state index contributed by atoms with van der Waals surface area (Å²) in [6.07, 6.45) is 11.0. The van der Waals surface area contributed by atoms with E-state index in [4.69, 9.17) is 16.6 Å². The number of nitrogens with one attached hydrogen (secondary N) is 3. The van der Waals surface area contributed by atoms with E-state index in [9.17, 15) is 9.59 Å². The lowest BCUT2D eigenvalue weighted by atomic mass is 9.88. The zero-order valence-corrected chi connectivity index (χ0v) is 21.5. The van der Waals surface area contributed by atoms with Gasteiger partial charge in [-0.05, 0) is 50.3 Å². The third kappa shape index (κ3) is 4.66. The highest BCUT2D eigenvalue weighted by Gasteiger charge is 2.54. The maximum atomic E-state index is 13.5. The summed E-state index contributed by atoms with van der Waals surface area (Å²) in [4.78, 5) is 32.6. The average molecular weight is 500 g/mol. The molecular formula is C29H33N5O3. The summed E-state index contributed by atoms with van der Waals surface area (Å²) >= 11 is 0. The Morgan fingerprint density at radius 2 is 2.14 bits per heavy atom. The normalized spacial score (nSPS) is 28.7. The van der Waals surface area contributed by atoms with Crippen LogP contribution in [0.3, 0.4) is 0 Å². The van der Waals surface area contributed by atoms with E-state index in [1.165, 1.54) is 4.90 Å². The number of pyridine rings is 1. The number of hydrogen-bond donors (Lipinski definition) is 3. The molecule has 2 amide bonds. The van der Waals surface area contributed by atoms with Crippen molar-refractivity contribution in [1.29, 1.82) is 5.41 Å². The lowest BCUT2D eigenvalue weighted by molar-refractivity contribution is -0.133. The molecule has 2 aromatic rings. The minimum atomic E-state index is -0.867. The first-order valence-electron chi connectivity index (χ1n) is 12.8. The van der Waals surface area contributed by atoms with Crippen molar-refractivity contribution in [3.8, 4) is 18.1 Å². The molecule has 3 aliphatic rings. The second-order valence-electron chi connectivity index (χ2n) is 10.9. The first-order chi connectivity index (χ1) is 17.7. The van der Waals surface area contributed by atoms with Crippen LogP contribution in [0.4, 0.5) is 0 Å². The van der Waals surface area contributed by atoms with Gasteiger partial charge in [0.15, 0.2) is 5.96 Å². The monoisotopic (exact) mass is 499 g/mol. The molecule has 37 heavy (non-hydrogen) atoms. The molecule has 1 unspecified atom stereocenters. The van der Waals surface area contributed by atoms with Gasteiger partial charge < -0.3 is 15.4 Å². The van der Waals surface area contributed by atoms with Crippen molar-refractivity contribution in [1.82, 2.24) is 20.5 Å². The number of ether oxygens (including phenoxy) is 1. The number of amides is 2. The number of carbonyl (C=O) groups excluding carboxylic acids is 2. The molecule has 1 aliphatic carbocycles. The third-order valence-corrected chi connectivity index (χ3v) is 7.78. The largest absolute Gasteiger partial charge is 0.487 e. The second kappa shape index (κ2) is 9.22. The minimum Gasteiger partial charge on any atom is -0.487 e. The standard InChI is InChI=1S/C29H33N5O3/c1-5-29(6-2)16-24(35)34(27(30)33-29)25(18-10-9-13-31-17-18)20-14-21(20)26(36)32-22-15-28(3,4)37-23-12-8-7-11-19(22)23/h1,7-13,17,20-22,25H,6,14-16H2,2-4H3,(H2,30,33)(H,32,36)/t20-,21-,22+,25?,29-/m1/s1. The zero-order valence-electron chi connectivity index (χ0n) is 21.5. The zero-order chi connectivity index (χ0) is 26.4. The molecule has 8 nitrogen and oxygen atoms in total. The molecule has 1 aromatic heterocycles. The first kappa shape index (κ1) is 24.8. The average Bonchev–Trinajstić information content (AvgIpc) is 3.66. The SMILES string of the molecule is C#C[C@@]1(CC)CC(=O)N(C(c2cccnc2)[C@@H]2C[C@H]2C(=O)N[C@H]2CC(C)(C)Oc3ccccc32)C(=N)N1. The van der Waals surface area contributed by atoms with Crippen molar-refractivity contribution < 1.29 is 14.3 Å². The quantitative estimate of drug-likeness (QED) is 0.525. The molecule has 1 saturated heterocycles. The number of aromatic nitrogens is 1. The molecule has 0 radical (unpaired) electrons. The van der Waals surface area contributed by atoms with Crippen LogP contribution in [-0.4, -0.2) is 38.8 Å². The molecule has 0 bridgehead atoms. The van der Waals surface area contributed by atoms with Gasteiger partial charge in [0, 0.05) is 30.3 Å². The van der Waals surface area contributed by atoms with E-state index >= 15 is 0 Å². The Hall–Kier alpha value is -3.86. The predicted octanol–water partition coefficient (Wildman–Crippen LogP) is 3.72. The van der Waals surface area contributed by atoms with E-state index in [0.29, 0.717) is 19.3 Å². The highest BCUT2D eigenvalue weighted by molar-refractivity contribution is 6.00. The maximum absolute atomic E-state index is 13.5. The number of rotatable bonds is 6. The van der Waals surface area contributed by atoms with E-state index in [1.807, 2.05) is 57.2 Å². The number of nitrogens with zero attached hydrogens (tertiary/aromatic N) is 2. The Morgan fingerprint density at radius 1 is 1.35 bits per heavy atom. The van der Waals surface area contributed by atoms with Crippen LogP contribution in [0.1, 0.15) is 69.7 Å². The Bertz CT molecular complexity index is 1250. The molecule has 2 aliphatic heterocycles. The summed E-state index contributed by atoms with van der Waals surface area (Å²) in [5.74, 6) is 2.74. The van der Waals surface area contributed by atoms with Crippen LogP contribution in [0.15, 0.2) is 48.8 Å². The van der Waals surface area contributed by atoms with Crippen molar-refractivity contribution in [3.63, 3.8) is 0 Å². The summed E-state index contributed by atoms with van der Waals surface area (Å²) in [5.41, 5.74) is 0.494. The van der Waals surface area contributed by atoms with E-state index in [2.05, 4.69) is 21.5 Å². The molecule has 1 aromatic carbocycles. The number of guanidine groups is 1. The molecule has 2 fully saturated rings. The van der Waals surface area contributed by atoms with Gasteiger partial charge in [0.25, 0.3) is 0 Å². The number of para-hydroxylation sites is 1. The Kier molecular flexibility index (Phi) is 6.18. The minimum absolute atomic E-state index is 0.0314. The van der Waals surface area contributed by atoms with Gasteiger partial charge in [-0.15, -0.1) is 6.42 Å². The molecule has 192 valence electrons. The third-order valence-electron chi connectivity index (χ3n) is 7.78. The van der Waals surface area contributed by atoms with Crippen LogP contribution in [0.2, 0.25) is 0 Å². The van der Waals surface area contributed by atoms with Crippen LogP contribution >= 0.6 is 0 Å². The number of fused-ring (bicyclic) bond motifs is 1. The second-order valence-corrected chi connectivity index (χ2v) is 10.9. The Balaban J connectivity index is 1.38. The van der Waals surface area contributed by atoms with Crippen LogP contribution < -0.4 is 15.4 Å². The number of carbonyl (C=O) groups is 2. The highest BCUT2D eigenvalue weighted by atomic mass is 16.5. The molecule has 3 N–H and O–H groups in total. The summed E-state index contributed by atoms with van der Waals surface area (Å²) < 4.78 is 6.12. The summed E-state index contributed by atoms with van der Waals surface area (Å²) in [7, 11) is 0. The molecule has 5 rings (SSSR count). The number of benzene rings is 1. The molecule has 1 saturated carbocycles. The topological polar surface area (TPSA) is 107 Å². The van der Waals surface area contributed by atoms with Gasteiger partial charge in [-0.2, -0.15) is 0 Å². The first-order valence-corrected chi connectivity index (χ1v) is 12.8. The molecule has 8 heteroatoms. The number of hydrogen-bond acceptors (Lipinski definition) is 5. The fourth-order valence-corrected chi connectivity index (χ4v) is 5.71. The van der Waals surface area contributed by atoms with Gasteiger partial charge in [-0.1, -0.05) is 37.1 Å². The Morgan fingerprint density at radius 3 is 2.81 bits per heavy atom. The van der Waals surface area contributed by atoms with Crippen LogP contribution in [0.25, 0.3) is 0 Å². The van der Waals surface area contributed by atoms with Gasteiger partial charge in [-0.25, -0.2) is 0 Å². The smallest absolute Gasteiger partial charge is 0.233 e. The fraction of sp³-hybridized carbons (Fsp3) is 0.448. The van der Waals surface area contributed by atoms with Crippen molar-refractivity contribution in [2.24, 2.45) is 11.8 Å². The lowest BCUT2D eigenvalue weighted by Gasteiger charge is -2.43. The van der Waals surface area contributed by atoms with Gasteiger partial charge in [0.1, 0.15) is 16.9 Å². The van der Waals surface area contributed by atoms with Crippen LogP contribution in [0, 0.1) is 29.6 Å². The molecule has 3 heterocycles. The van der Waals surface area contributed by atoms with Gasteiger partial charge in [0.05, 0.1) is 18.5 Å². The lowest BCUT2D eigenvalue weighted by Crippen LogP contribution is -2.62. The van der Waals surface area contributed by atoms with E-state index in [1.54, 1.807) is 12.4 Å². The van der Waals surface area contributed by atoms with Crippen molar-refractivity contribution in [2.75, 3.05) is 0 Å². The van der Waals surface area contributed by atoms with Crippen molar-refractivity contribution in [3.05, 3.63) is 59.9 Å². The summed E-state index contributed by atoms with van der Waals surface area (Å²) in [6.45, 7) is 5.94. The van der Waals surface area contributed by atoms with Gasteiger partial charge in [-0.3, -0.25) is 24.9 Å². The van der Waals surface area contributed by atoms with E-state index < -0.39 is 17.2 Å². The summed E-state index contributed by atoms with van der Waals surface area (Å²) in [5, 5.41) is 15.0. The molecular weight excluding hydrogens is 466 g/mol. The predicted molar refractivity (Wildman–Crippen MR) is 139 cm³/mol. The maximum Gasteiger partial charge on any atom is 0.233 e. The fourth-order valence-electron chi connectivity index (χ4n) is 5.71. The van der Waals surface area contributed by atoms with Crippen molar-refractivity contribution >= 4 is 17.8 Å². The van der Waals surface area contributed by atoms with E-state index in [-0.39, 0.29) is 42.1 Å². The van der Waals surface area contributed by atoms with Crippen LogP contribution in [0.5, 0.6) is 5.75 Å². The molecule has 5 atom stereocenters. The van der Waals surface area contributed by atoms with E-state index in [0.717, 1.165) is 16.9 Å². The Labute approximate surface area is 217 Å². The summed E-state index contributed by atoms with van der Waals surface area (Å²) in [6, 6.07) is 10.9. The molecule has 0 spiro atoms.